The molecule has 42 heavy (non-hydrogen) atoms. The summed E-state index contributed by atoms with van der Waals surface area (Å²) in [6, 6.07) is -1.04. The van der Waals surface area contributed by atoms with Gasteiger partial charge in [-0.1, -0.05) is 16.9 Å². The number of anilines is 1. The normalized spacial score (nSPS) is 19.3. The van der Waals surface area contributed by atoms with Gasteiger partial charge in [-0.3, -0.25) is 33.4 Å². The van der Waals surface area contributed by atoms with Crippen molar-refractivity contribution in [3.63, 3.8) is 0 Å². The van der Waals surface area contributed by atoms with Crippen molar-refractivity contribution in [2.45, 2.75) is 36.6 Å². The number of allylic oxidation sites excluding steroid dienone is 1. The average Bonchev–Trinajstić information content (AvgIpc) is 3.36. The number of nitrogens with zero attached hydrogens (tertiary/aromatic N) is 5. The molecule has 0 aliphatic carbocycles. The van der Waals surface area contributed by atoms with Crippen LogP contribution >= 0.6 is 34.9 Å². The minimum Gasteiger partial charge on any atom is -0.477 e. The van der Waals surface area contributed by atoms with Crippen LogP contribution in [0.2, 0.25) is 0 Å². The van der Waals surface area contributed by atoms with Crippen LogP contribution in [0.25, 0.3) is 0 Å². The number of carboxylic acids is 1. The lowest BCUT2D eigenvalue weighted by atomic mass is 10.0. The van der Waals surface area contributed by atoms with Crippen molar-refractivity contribution in [3.8, 4) is 0 Å². The zero-order valence-electron chi connectivity index (χ0n) is 22.0. The third kappa shape index (κ3) is 6.09. The van der Waals surface area contributed by atoms with E-state index < -0.39 is 52.4 Å². The zero-order chi connectivity index (χ0) is 30.7. The van der Waals surface area contributed by atoms with Gasteiger partial charge in [0.15, 0.2) is 16.0 Å². The number of H-pyrrole nitrogens is 1. The second kappa shape index (κ2) is 12.6. The van der Waals surface area contributed by atoms with Crippen LogP contribution in [0.5, 0.6) is 0 Å². The number of carboxylic acid groups (broad SMARTS) is 1. The number of carbonyl (C=O) groups excluding carboxylic acids is 3. The maximum atomic E-state index is 13.0. The molecule has 2 aliphatic rings. The minimum atomic E-state index is -1.36. The Morgan fingerprint density at radius 2 is 2.10 bits per heavy atom. The topological polar surface area (TPSA) is 244 Å². The molecule has 2 aromatic rings. The number of hydrogen-bond acceptors (Lipinski definition) is 14. The predicted molar refractivity (Wildman–Crippen MR) is 152 cm³/mol. The van der Waals surface area contributed by atoms with Crippen LogP contribution in [0, 0.1) is 0 Å². The highest BCUT2D eigenvalue weighted by molar-refractivity contribution is 8.02. The second-order valence-corrected chi connectivity index (χ2v) is 11.4. The summed E-state index contributed by atoms with van der Waals surface area (Å²) in [5.41, 5.74) is 3.66. The molecular weight excluding hydrogens is 614 g/mol. The number of thiazole rings is 1. The number of oxime groups is 1. The van der Waals surface area contributed by atoms with E-state index >= 15 is 0 Å². The fourth-order valence-electron chi connectivity index (χ4n) is 4.03. The van der Waals surface area contributed by atoms with Gasteiger partial charge in [-0.2, -0.15) is 0 Å². The summed E-state index contributed by atoms with van der Waals surface area (Å²) in [6.45, 7) is 2.74. The number of rotatable bonds is 10. The molecule has 3 atom stereocenters. The van der Waals surface area contributed by atoms with Gasteiger partial charge in [-0.25, -0.2) is 14.9 Å². The smallest absolute Gasteiger partial charge is 0.352 e. The average molecular weight is 638 g/mol. The molecule has 4 heterocycles. The van der Waals surface area contributed by atoms with E-state index in [4.69, 9.17) is 10.6 Å². The summed E-state index contributed by atoms with van der Waals surface area (Å²) in [5, 5.41) is 27.1. The second-order valence-electron chi connectivity index (χ2n) is 8.54. The van der Waals surface area contributed by atoms with Gasteiger partial charge in [0, 0.05) is 18.1 Å². The molecule has 4 rings (SSSR count). The van der Waals surface area contributed by atoms with Crippen molar-refractivity contribution in [2.24, 2.45) is 5.16 Å². The molecular formula is C22H23N9O8S3. The summed E-state index contributed by atoms with van der Waals surface area (Å²) < 4.78 is 0.987. The Kier molecular flexibility index (Phi) is 9.17. The number of thioether (sulfide) groups is 2. The molecule has 6 N–H and O–H groups in total. The first-order chi connectivity index (χ1) is 19.9. The zero-order valence-corrected chi connectivity index (χ0v) is 24.5. The van der Waals surface area contributed by atoms with Crippen molar-refractivity contribution >= 4 is 69.4 Å². The van der Waals surface area contributed by atoms with Gasteiger partial charge >= 0.3 is 17.1 Å². The highest BCUT2D eigenvalue weighted by Gasteiger charge is 2.54. The number of carbonyl (C=O) groups is 4. The molecule has 17 nitrogen and oxygen atoms in total. The van der Waals surface area contributed by atoms with E-state index in [9.17, 15) is 33.9 Å². The summed E-state index contributed by atoms with van der Waals surface area (Å²) in [5.74, 6) is -3.03. The van der Waals surface area contributed by atoms with E-state index in [1.165, 1.54) is 49.6 Å². The quantitative estimate of drug-likeness (QED) is 0.0692. The summed E-state index contributed by atoms with van der Waals surface area (Å²) in [7, 11) is 1.24. The lowest BCUT2D eigenvalue weighted by Gasteiger charge is -2.49. The molecule has 0 radical (unpaired) electrons. The van der Waals surface area contributed by atoms with Gasteiger partial charge in [-0.05, 0) is 24.0 Å². The van der Waals surface area contributed by atoms with Crippen LogP contribution in [0.1, 0.15) is 25.7 Å². The Balaban J connectivity index is 1.53. The number of nitrogens with one attached hydrogen (secondary N) is 3. The largest absolute Gasteiger partial charge is 0.477 e. The van der Waals surface area contributed by atoms with Crippen LogP contribution in [-0.4, -0.2) is 83.4 Å². The number of amides is 3. The number of nitrogen functional groups attached to an aromatic ring is 1. The number of fused-ring (bicyclic) bond motifs is 1. The molecule has 0 aromatic carbocycles. The van der Waals surface area contributed by atoms with Crippen LogP contribution in [0.4, 0.5) is 5.13 Å². The van der Waals surface area contributed by atoms with Gasteiger partial charge in [0.05, 0.1) is 0 Å². The first-order valence-electron chi connectivity index (χ1n) is 11.8. The van der Waals surface area contributed by atoms with Crippen molar-refractivity contribution in [1.29, 1.82) is 0 Å². The number of aliphatic carboxylic acids is 1. The molecule has 0 spiro atoms. The van der Waals surface area contributed by atoms with E-state index in [0.717, 1.165) is 32.6 Å². The van der Waals surface area contributed by atoms with Crippen molar-refractivity contribution in [2.75, 3.05) is 18.6 Å². The number of aromatic nitrogens is 4. The molecule has 2 aromatic heterocycles. The Morgan fingerprint density at radius 3 is 2.71 bits per heavy atom. The maximum absolute atomic E-state index is 13.0. The Hall–Kier alpha value is -4.43. The summed E-state index contributed by atoms with van der Waals surface area (Å²) in [4.78, 5) is 83.6. The van der Waals surface area contributed by atoms with Crippen LogP contribution in [0.3, 0.4) is 0 Å². The molecule has 3 unspecified atom stereocenters. The SMILES string of the molecule is CO/N=C(/C(=O)NC1C(=O)N2C(C(=O)O)=C(/C=C/Sc3n[nH]c(=O)c(=O)n3C(C)NC(C)=O)CSC12)c1csc(N)n1. The number of hydrogen-bond donors (Lipinski definition) is 5. The first kappa shape index (κ1) is 30.5. The van der Waals surface area contributed by atoms with Gasteiger partial charge < -0.3 is 26.3 Å². The lowest BCUT2D eigenvalue weighted by Crippen LogP contribution is -2.71. The molecule has 0 bridgehead atoms. The van der Waals surface area contributed by atoms with Crippen molar-refractivity contribution in [3.05, 3.63) is 54.5 Å². The number of nitrogens with two attached hydrogens (primary N) is 1. The van der Waals surface area contributed by atoms with E-state index in [-0.39, 0.29) is 38.7 Å². The van der Waals surface area contributed by atoms with Crippen LogP contribution < -0.4 is 27.5 Å². The maximum Gasteiger partial charge on any atom is 0.352 e. The predicted octanol–water partition coefficient (Wildman–Crippen LogP) is -0.980. The van der Waals surface area contributed by atoms with Gasteiger partial charge in [0.2, 0.25) is 5.91 Å². The van der Waals surface area contributed by atoms with E-state index in [2.05, 4.69) is 31.0 Å². The Morgan fingerprint density at radius 1 is 1.36 bits per heavy atom. The van der Waals surface area contributed by atoms with Crippen molar-refractivity contribution in [1.82, 2.24) is 35.3 Å². The Bertz CT molecular complexity index is 1660. The van der Waals surface area contributed by atoms with Crippen molar-refractivity contribution < 1.29 is 29.1 Å². The fourth-order valence-corrected chi connectivity index (χ4v) is 6.70. The molecule has 0 saturated carbocycles. The number of aromatic amines is 1. The molecule has 2 aliphatic heterocycles. The first-order valence-corrected chi connectivity index (χ1v) is 14.6. The van der Waals surface area contributed by atoms with Gasteiger partial charge in [0.1, 0.15) is 36.1 Å². The van der Waals surface area contributed by atoms with E-state index in [1.807, 2.05) is 0 Å². The lowest BCUT2D eigenvalue weighted by molar-refractivity contribution is -0.150. The summed E-state index contributed by atoms with van der Waals surface area (Å²) >= 11 is 3.19. The summed E-state index contributed by atoms with van der Waals surface area (Å²) in [6.07, 6.45) is 0.547. The standard InChI is InChI=1S/C22H23N9O8S3/c1-8(24-9(2)32)30-18(36)16(34)27-28-22(30)40-5-4-10-6-41-19-13(17(35)31(19)14(10)20(37)38)26-15(33)12(29-39-3)11-7-42-21(23)25-11/h4-5,7-8,13,19H,6H2,1-3H3,(H2,23,25)(H,24,32)(H,26,33)(H,27,34)(H,37,38)/b5-4+,29-12+. The molecule has 222 valence electrons. The van der Waals surface area contributed by atoms with Gasteiger partial charge in [-0.15, -0.1) is 28.2 Å². The van der Waals surface area contributed by atoms with Gasteiger partial charge in [0.25, 0.3) is 11.8 Å². The molecule has 3 amide bonds. The van der Waals surface area contributed by atoms with E-state index in [1.54, 1.807) is 0 Å². The highest BCUT2D eigenvalue weighted by Crippen LogP contribution is 2.41. The molecule has 1 saturated heterocycles. The van der Waals surface area contributed by atoms with Crippen LogP contribution in [0.15, 0.2) is 48.0 Å². The van der Waals surface area contributed by atoms with Crippen LogP contribution in [-0.2, 0) is 24.0 Å². The van der Waals surface area contributed by atoms with E-state index in [0.29, 0.717) is 0 Å². The molecule has 1 fully saturated rings. The third-order valence-electron chi connectivity index (χ3n) is 5.76. The monoisotopic (exact) mass is 637 g/mol. The Labute approximate surface area is 248 Å². The minimum absolute atomic E-state index is 0.0223. The number of β-lactam (4-membered cyclic amide) rings is 1. The molecule has 20 heteroatoms. The highest BCUT2D eigenvalue weighted by atomic mass is 32.2. The third-order valence-corrected chi connectivity index (χ3v) is 8.51. The fraction of sp³-hybridized carbons (Fsp3) is 0.318.